The molecule has 0 aliphatic carbocycles. The first-order valence-corrected chi connectivity index (χ1v) is 9.24. The molecule has 8 nitrogen and oxygen atoms in total. The maximum Gasteiger partial charge on any atom is 0.290 e. The first-order chi connectivity index (χ1) is 13.0. The number of carbonyl (C=O) groups is 2. The number of aromatic nitrogens is 2. The summed E-state index contributed by atoms with van der Waals surface area (Å²) in [5.74, 6) is 0.565. The second-order valence-electron chi connectivity index (χ2n) is 7.51. The molecule has 1 amide bonds. The number of nitrogens with one attached hydrogen (secondary N) is 2. The summed E-state index contributed by atoms with van der Waals surface area (Å²) in [7, 11) is 4.08. The molecule has 0 spiro atoms. The van der Waals surface area contributed by atoms with Crippen LogP contribution in [0.25, 0.3) is 10.9 Å². The third kappa shape index (κ3) is 4.45. The van der Waals surface area contributed by atoms with Crippen molar-refractivity contribution in [1.82, 2.24) is 25.3 Å². The molecule has 8 heteroatoms. The van der Waals surface area contributed by atoms with Gasteiger partial charge in [-0.15, -0.1) is 0 Å². The van der Waals surface area contributed by atoms with Crippen LogP contribution in [0.2, 0.25) is 0 Å². The average Bonchev–Trinajstić information content (AvgIpc) is 3.06. The number of piperidine rings is 3. The molecule has 146 valence electrons. The number of amides is 1. The van der Waals surface area contributed by atoms with Crippen molar-refractivity contribution in [2.24, 2.45) is 5.92 Å². The van der Waals surface area contributed by atoms with Crippen LogP contribution < -0.4 is 5.32 Å². The number of carboxylic acid groups (broad SMARTS) is 1. The Morgan fingerprint density at radius 2 is 2.11 bits per heavy atom. The molecule has 3 aliphatic rings. The van der Waals surface area contributed by atoms with Gasteiger partial charge in [-0.25, -0.2) is 0 Å². The largest absolute Gasteiger partial charge is 0.483 e. The van der Waals surface area contributed by atoms with Crippen LogP contribution in [0, 0.1) is 5.92 Å². The van der Waals surface area contributed by atoms with Crippen molar-refractivity contribution in [2.75, 3.05) is 33.7 Å². The van der Waals surface area contributed by atoms with E-state index in [2.05, 4.69) is 37.4 Å². The molecule has 3 fully saturated rings. The molecule has 5 rings (SSSR count). The molecular weight excluding hydrogens is 346 g/mol. The van der Waals surface area contributed by atoms with Gasteiger partial charge in [-0.3, -0.25) is 14.7 Å². The predicted octanol–water partition coefficient (Wildman–Crippen LogP) is 1.15. The number of aromatic amines is 1. The smallest absolute Gasteiger partial charge is 0.290 e. The van der Waals surface area contributed by atoms with Gasteiger partial charge in [-0.2, -0.15) is 5.10 Å². The highest BCUT2D eigenvalue weighted by Crippen LogP contribution is 2.28. The van der Waals surface area contributed by atoms with Crippen LogP contribution in [0.5, 0.6) is 0 Å². The van der Waals surface area contributed by atoms with Crippen molar-refractivity contribution in [1.29, 1.82) is 0 Å². The van der Waals surface area contributed by atoms with Gasteiger partial charge in [0.25, 0.3) is 12.4 Å². The van der Waals surface area contributed by atoms with Crippen LogP contribution in [0.15, 0.2) is 18.2 Å². The van der Waals surface area contributed by atoms with Gasteiger partial charge in [0.05, 0.1) is 5.52 Å². The minimum atomic E-state index is -0.250. The van der Waals surface area contributed by atoms with Crippen LogP contribution in [-0.2, 0) is 11.3 Å². The van der Waals surface area contributed by atoms with Crippen molar-refractivity contribution < 1.29 is 14.7 Å². The van der Waals surface area contributed by atoms with Crippen molar-refractivity contribution in [3.05, 3.63) is 29.5 Å². The van der Waals surface area contributed by atoms with E-state index in [1.165, 1.54) is 31.5 Å². The fourth-order valence-corrected chi connectivity index (χ4v) is 4.06. The van der Waals surface area contributed by atoms with Gasteiger partial charge < -0.3 is 20.2 Å². The lowest BCUT2D eigenvalue weighted by atomic mass is 9.84. The van der Waals surface area contributed by atoms with E-state index in [-0.39, 0.29) is 18.4 Å². The number of benzene rings is 1. The van der Waals surface area contributed by atoms with E-state index >= 15 is 0 Å². The second-order valence-corrected chi connectivity index (χ2v) is 7.51. The first-order valence-electron chi connectivity index (χ1n) is 9.24. The second kappa shape index (κ2) is 8.49. The number of hydrogen-bond acceptors (Lipinski definition) is 5. The monoisotopic (exact) mass is 373 g/mol. The lowest BCUT2D eigenvalue weighted by Crippen LogP contribution is -2.57. The van der Waals surface area contributed by atoms with E-state index < -0.39 is 0 Å². The summed E-state index contributed by atoms with van der Waals surface area (Å²) in [6, 6.07) is 6.42. The molecule has 1 aromatic heterocycles. The van der Waals surface area contributed by atoms with E-state index in [1.54, 1.807) is 0 Å². The molecular formula is C19H27N5O3. The highest BCUT2D eigenvalue weighted by Gasteiger charge is 2.35. The fourth-order valence-electron chi connectivity index (χ4n) is 4.06. The highest BCUT2D eigenvalue weighted by atomic mass is 16.3. The summed E-state index contributed by atoms with van der Waals surface area (Å²) in [5.41, 5.74) is 2.62. The Labute approximate surface area is 158 Å². The summed E-state index contributed by atoms with van der Waals surface area (Å²) in [5, 5.41) is 18.3. The first kappa shape index (κ1) is 19.3. The molecule has 1 atom stereocenters. The van der Waals surface area contributed by atoms with Crippen molar-refractivity contribution in [3.63, 3.8) is 0 Å². The average molecular weight is 373 g/mol. The SMILES string of the molecule is CN(C)Cc1ccc2[nH]nc(C(=O)N[C@@H]3CN4CCC3CC4)c2c1.O=CO. The Morgan fingerprint density at radius 3 is 2.70 bits per heavy atom. The number of carbonyl (C=O) groups excluding carboxylic acids is 1. The Kier molecular flexibility index (Phi) is 6.08. The maximum absolute atomic E-state index is 12.8. The number of H-pyrrole nitrogens is 1. The summed E-state index contributed by atoms with van der Waals surface area (Å²) in [6.07, 6.45) is 2.39. The lowest BCUT2D eigenvalue weighted by molar-refractivity contribution is -0.122. The molecule has 0 saturated carbocycles. The van der Waals surface area contributed by atoms with E-state index in [9.17, 15) is 4.79 Å². The van der Waals surface area contributed by atoms with Gasteiger partial charge in [0, 0.05) is 24.5 Å². The highest BCUT2D eigenvalue weighted by molar-refractivity contribution is 6.04. The van der Waals surface area contributed by atoms with Crippen LogP contribution >= 0.6 is 0 Å². The molecule has 4 heterocycles. The van der Waals surface area contributed by atoms with E-state index in [1.807, 2.05) is 20.2 Å². The molecule has 0 radical (unpaired) electrons. The number of nitrogens with zero attached hydrogens (tertiary/aromatic N) is 3. The van der Waals surface area contributed by atoms with Gasteiger partial charge >= 0.3 is 0 Å². The van der Waals surface area contributed by atoms with Crippen LogP contribution in [0.1, 0.15) is 28.9 Å². The topological polar surface area (TPSA) is 102 Å². The third-order valence-corrected chi connectivity index (χ3v) is 5.31. The number of hydrogen-bond donors (Lipinski definition) is 3. The summed E-state index contributed by atoms with van der Waals surface area (Å²) >= 11 is 0. The van der Waals surface area contributed by atoms with Crippen molar-refractivity contribution in [3.8, 4) is 0 Å². The molecule has 27 heavy (non-hydrogen) atoms. The van der Waals surface area contributed by atoms with Gasteiger partial charge in [0.15, 0.2) is 5.69 Å². The number of rotatable bonds is 4. The van der Waals surface area contributed by atoms with E-state index in [0.29, 0.717) is 11.6 Å². The Morgan fingerprint density at radius 1 is 1.41 bits per heavy atom. The van der Waals surface area contributed by atoms with Crippen LogP contribution in [-0.4, -0.2) is 77.3 Å². The van der Waals surface area contributed by atoms with E-state index in [0.717, 1.165) is 24.0 Å². The zero-order chi connectivity index (χ0) is 19.4. The number of fused-ring (bicyclic) bond motifs is 4. The molecule has 1 aromatic carbocycles. The molecule has 0 unspecified atom stereocenters. The van der Waals surface area contributed by atoms with E-state index in [4.69, 9.17) is 9.90 Å². The Bertz CT molecular complexity index is 796. The minimum Gasteiger partial charge on any atom is -0.483 e. The van der Waals surface area contributed by atoms with Crippen molar-refractivity contribution in [2.45, 2.75) is 25.4 Å². The van der Waals surface area contributed by atoms with Crippen LogP contribution in [0.4, 0.5) is 0 Å². The molecule has 2 aromatic rings. The maximum atomic E-state index is 12.8. The van der Waals surface area contributed by atoms with Gasteiger partial charge in [0.2, 0.25) is 0 Å². The van der Waals surface area contributed by atoms with Gasteiger partial charge in [-0.1, -0.05) is 6.07 Å². The fraction of sp³-hybridized carbons (Fsp3) is 0.526. The van der Waals surface area contributed by atoms with Crippen LogP contribution in [0.3, 0.4) is 0 Å². The van der Waals surface area contributed by atoms with Gasteiger partial charge in [0.1, 0.15) is 0 Å². The summed E-state index contributed by atoms with van der Waals surface area (Å²) in [6.45, 7) is 3.93. The quantitative estimate of drug-likeness (QED) is 0.695. The Hall–Kier alpha value is -2.45. The zero-order valence-corrected chi connectivity index (χ0v) is 15.8. The third-order valence-electron chi connectivity index (χ3n) is 5.31. The normalized spacial score (nSPS) is 23.7. The molecule has 3 saturated heterocycles. The predicted molar refractivity (Wildman–Crippen MR) is 103 cm³/mol. The zero-order valence-electron chi connectivity index (χ0n) is 15.8. The van der Waals surface area contributed by atoms with Gasteiger partial charge in [-0.05, 0) is 63.6 Å². The summed E-state index contributed by atoms with van der Waals surface area (Å²) < 4.78 is 0. The Balaban J connectivity index is 0.000000659. The minimum absolute atomic E-state index is 0.0537. The van der Waals surface area contributed by atoms with Crippen molar-refractivity contribution >= 4 is 23.3 Å². The molecule has 3 N–H and O–H groups in total. The standard InChI is InChI=1S/C18H25N5O.CH2O2/c1-22(2)10-12-3-4-15-14(9-12)17(21-20-15)18(24)19-16-11-23-7-5-13(16)6-8-23;2-1-3/h3-4,9,13,16H,5-8,10-11H2,1-2H3,(H,19,24)(H,20,21);1H,(H,2,3)/t16-;/m1./s1. The lowest BCUT2D eigenvalue weighted by Gasteiger charge is -2.44. The summed E-state index contributed by atoms with van der Waals surface area (Å²) in [4.78, 5) is 25.7. The molecule has 2 bridgehead atoms. The molecule has 3 aliphatic heterocycles.